The van der Waals surface area contributed by atoms with Gasteiger partial charge >= 0.3 is 0 Å². The van der Waals surface area contributed by atoms with Crippen molar-refractivity contribution in [3.63, 3.8) is 0 Å². The van der Waals surface area contributed by atoms with Crippen LogP contribution in [0.4, 0.5) is 5.69 Å². The van der Waals surface area contributed by atoms with Crippen molar-refractivity contribution in [2.45, 2.75) is 37.8 Å². The van der Waals surface area contributed by atoms with E-state index in [0.29, 0.717) is 0 Å². The maximum Gasteiger partial charge on any atom is 0.244 e. The molecule has 4 nitrogen and oxygen atoms in total. The van der Waals surface area contributed by atoms with Crippen molar-refractivity contribution in [3.8, 4) is 0 Å². The molecule has 2 aliphatic rings. The quantitative estimate of drug-likeness (QED) is 0.865. The Bertz CT molecular complexity index is 459. The fraction of sp³-hybridized carbons (Fsp3) is 0.533. The highest BCUT2D eigenvalue weighted by Gasteiger charge is 2.45. The molecule has 1 saturated carbocycles. The van der Waals surface area contributed by atoms with Gasteiger partial charge in [-0.05, 0) is 56.5 Å². The van der Waals surface area contributed by atoms with Gasteiger partial charge in [0.2, 0.25) is 5.91 Å². The standard InChI is InChI=1S/C15H21N3O/c16-15(7-8-15)14(19)17-13-5-3-12(4-6-13)11-18-9-1-2-10-18/h3-6H,1-2,7-11,16H2,(H,17,19). The molecule has 0 aromatic heterocycles. The van der Waals surface area contributed by atoms with E-state index in [1.807, 2.05) is 12.1 Å². The van der Waals surface area contributed by atoms with Crippen LogP contribution in [-0.2, 0) is 11.3 Å². The number of likely N-dealkylation sites (tertiary alicyclic amines) is 1. The molecule has 1 amide bonds. The number of nitrogens with zero attached hydrogens (tertiary/aromatic N) is 1. The molecule has 0 bridgehead atoms. The molecule has 1 aliphatic heterocycles. The summed E-state index contributed by atoms with van der Waals surface area (Å²) in [6.07, 6.45) is 4.22. The Morgan fingerprint density at radius 1 is 1.21 bits per heavy atom. The van der Waals surface area contributed by atoms with Gasteiger partial charge in [0.1, 0.15) is 0 Å². The van der Waals surface area contributed by atoms with Gasteiger partial charge < -0.3 is 11.1 Å². The predicted octanol–water partition coefficient (Wildman–Crippen LogP) is 1.71. The maximum absolute atomic E-state index is 11.8. The number of amides is 1. The summed E-state index contributed by atoms with van der Waals surface area (Å²) in [5.41, 5.74) is 7.39. The zero-order chi connectivity index (χ0) is 13.3. The third kappa shape index (κ3) is 2.96. The Labute approximate surface area is 114 Å². The van der Waals surface area contributed by atoms with E-state index in [-0.39, 0.29) is 5.91 Å². The SMILES string of the molecule is NC1(C(=O)Nc2ccc(CN3CCCC3)cc2)CC1. The molecule has 3 rings (SSSR count). The van der Waals surface area contributed by atoms with Gasteiger partial charge in [-0.3, -0.25) is 9.69 Å². The van der Waals surface area contributed by atoms with Crippen LogP contribution in [0.25, 0.3) is 0 Å². The second-order valence-electron chi connectivity index (χ2n) is 5.79. The Morgan fingerprint density at radius 3 is 2.42 bits per heavy atom. The normalized spacial score (nSPS) is 21.3. The van der Waals surface area contributed by atoms with E-state index in [4.69, 9.17) is 5.73 Å². The van der Waals surface area contributed by atoms with Gasteiger partial charge in [-0.25, -0.2) is 0 Å². The molecule has 0 atom stereocenters. The van der Waals surface area contributed by atoms with Gasteiger partial charge in [-0.1, -0.05) is 12.1 Å². The number of carbonyl (C=O) groups is 1. The Balaban J connectivity index is 1.57. The predicted molar refractivity (Wildman–Crippen MR) is 75.7 cm³/mol. The summed E-state index contributed by atoms with van der Waals surface area (Å²) in [5.74, 6) is -0.0557. The van der Waals surface area contributed by atoms with Gasteiger partial charge in [0.25, 0.3) is 0 Å². The summed E-state index contributed by atoms with van der Waals surface area (Å²) < 4.78 is 0. The van der Waals surface area contributed by atoms with Crippen LogP contribution in [0.3, 0.4) is 0 Å². The minimum absolute atomic E-state index is 0.0557. The van der Waals surface area contributed by atoms with Crippen LogP contribution in [0.1, 0.15) is 31.2 Å². The fourth-order valence-electron chi connectivity index (χ4n) is 2.51. The third-order valence-electron chi connectivity index (χ3n) is 4.06. The van der Waals surface area contributed by atoms with Gasteiger partial charge in [0.15, 0.2) is 0 Å². The van der Waals surface area contributed by atoms with E-state index in [9.17, 15) is 4.79 Å². The Hall–Kier alpha value is -1.39. The minimum Gasteiger partial charge on any atom is -0.324 e. The highest BCUT2D eigenvalue weighted by Crippen LogP contribution is 2.33. The molecule has 0 unspecified atom stereocenters. The van der Waals surface area contributed by atoms with Crippen molar-refractivity contribution in [1.29, 1.82) is 0 Å². The lowest BCUT2D eigenvalue weighted by atomic mass is 10.2. The minimum atomic E-state index is -0.603. The van der Waals surface area contributed by atoms with Gasteiger partial charge in [0.05, 0.1) is 5.54 Å². The first-order valence-corrected chi connectivity index (χ1v) is 7.07. The number of nitrogens with one attached hydrogen (secondary N) is 1. The summed E-state index contributed by atoms with van der Waals surface area (Å²) >= 11 is 0. The second-order valence-corrected chi connectivity index (χ2v) is 5.79. The molecule has 19 heavy (non-hydrogen) atoms. The van der Waals surface area contributed by atoms with E-state index >= 15 is 0 Å². The summed E-state index contributed by atoms with van der Waals surface area (Å²) in [4.78, 5) is 14.3. The molecule has 102 valence electrons. The molecule has 2 fully saturated rings. The van der Waals surface area contributed by atoms with E-state index in [1.165, 1.54) is 31.5 Å². The highest BCUT2D eigenvalue weighted by atomic mass is 16.2. The van der Waals surface area contributed by atoms with Crippen molar-refractivity contribution in [2.24, 2.45) is 5.73 Å². The number of rotatable bonds is 4. The molecular formula is C15H21N3O. The molecule has 4 heteroatoms. The van der Waals surface area contributed by atoms with Gasteiger partial charge in [-0.15, -0.1) is 0 Å². The van der Waals surface area contributed by atoms with Crippen molar-refractivity contribution < 1.29 is 4.79 Å². The molecule has 1 heterocycles. The summed E-state index contributed by atoms with van der Waals surface area (Å²) in [6, 6.07) is 8.11. The first-order valence-electron chi connectivity index (χ1n) is 7.07. The smallest absolute Gasteiger partial charge is 0.244 e. The average molecular weight is 259 g/mol. The molecular weight excluding hydrogens is 238 g/mol. The lowest BCUT2D eigenvalue weighted by molar-refractivity contribution is -0.118. The lowest BCUT2D eigenvalue weighted by Gasteiger charge is -2.15. The zero-order valence-electron chi connectivity index (χ0n) is 11.2. The van der Waals surface area contributed by atoms with E-state index in [1.54, 1.807) is 0 Å². The second kappa shape index (κ2) is 4.94. The van der Waals surface area contributed by atoms with Crippen LogP contribution in [0.2, 0.25) is 0 Å². The lowest BCUT2D eigenvalue weighted by Crippen LogP contribution is -2.37. The van der Waals surface area contributed by atoms with E-state index < -0.39 is 5.54 Å². The van der Waals surface area contributed by atoms with Crippen LogP contribution < -0.4 is 11.1 Å². The number of carbonyl (C=O) groups excluding carboxylic acids is 1. The summed E-state index contributed by atoms with van der Waals surface area (Å²) in [7, 11) is 0. The van der Waals surface area contributed by atoms with E-state index in [2.05, 4.69) is 22.3 Å². The van der Waals surface area contributed by atoms with Crippen LogP contribution >= 0.6 is 0 Å². The van der Waals surface area contributed by atoms with Crippen LogP contribution in [-0.4, -0.2) is 29.4 Å². The Morgan fingerprint density at radius 2 is 1.84 bits per heavy atom. The van der Waals surface area contributed by atoms with E-state index in [0.717, 1.165) is 25.1 Å². The highest BCUT2D eigenvalue weighted by molar-refractivity contribution is 6.00. The number of hydrogen-bond acceptors (Lipinski definition) is 3. The summed E-state index contributed by atoms with van der Waals surface area (Å²) in [5, 5.41) is 2.89. The zero-order valence-corrected chi connectivity index (χ0v) is 11.2. The number of nitrogens with two attached hydrogens (primary N) is 1. The summed E-state index contributed by atoms with van der Waals surface area (Å²) in [6.45, 7) is 3.41. The Kier molecular flexibility index (Phi) is 3.29. The topological polar surface area (TPSA) is 58.4 Å². The first-order chi connectivity index (χ1) is 9.16. The molecule has 0 spiro atoms. The molecule has 1 aromatic rings. The van der Waals surface area contributed by atoms with Crippen molar-refractivity contribution in [1.82, 2.24) is 4.90 Å². The van der Waals surface area contributed by atoms with Crippen LogP contribution in [0, 0.1) is 0 Å². The van der Waals surface area contributed by atoms with Gasteiger partial charge in [0, 0.05) is 12.2 Å². The van der Waals surface area contributed by atoms with Crippen molar-refractivity contribution in [3.05, 3.63) is 29.8 Å². The molecule has 1 aromatic carbocycles. The average Bonchev–Trinajstić information content (AvgIpc) is 2.96. The van der Waals surface area contributed by atoms with Crippen molar-refractivity contribution >= 4 is 11.6 Å². The molecule has 1 aliphatic carbocycles. The first kappa shape index (κ1) is 12.6. The molecule has 0 radical (unpaired) electrons. The maximum atomic E-state index is 11.8. The van der Waals surface area contributed by atoms with Crippen LogP contribution in [0.15, 0.2) is 24.3 Å². The number of anilines is 1. The largest absolute Gasteiger partial charge is 0.324 e. The van der Waals surface area contributed by atoms with Crippen molar-refractivity contribution in [2.75, 3.05) is 18.4 Å². The molecule has 3 N–H and O–H groups in total. The number of benzene rings is 1. The monoisotopic (exact) mass is 259 g/mol. The number of hydrogen-bond donors (Lipinski definition) is 2. The molecule has 1 saturated heterocycles. The van der Waals surface area contributed by atoms with Gasteiger partial charge in [-0.2, -0.15) is 0 Å². The van der Waals surface area contributed by atoms with Crippen LogP contribution in [0.5, 0.6) is 0 Å². The third-order valence-corrected chi connectivity index (χ3v) is 4.06. The fourth-order valence-corrected chi connectivity index (χ4v) is 2.51.